The lowest BCUT2D eigenvalue weighted by molar-refractivity contribution is 0.244. The van der Waals surface area contributed by atoms with E-state index in [1.54, 1.807) is 30.3 Å². The largest absolute Gasteiger partial charge is 0.395 e. The molecule has 1 rings (SSSR count). The minimum absolute atomic E-state index is 0.134. The second-order valence-corrected chi connectivity index (χ2v) is 6.23. The molecule has 96 valence electrons. The van der Waals surface area contributed by atoms with Crippen molar-refractivity contribution in [2.24, 2.45) is 5.92 Å². The molecule has 0 radical (unpaired) electrons. The fourth-order valence-electron chi connectivity index (χ4n) is 1.57. The van der Waals surface area contributed by atoms with Crippen LogP contribution in [0.4, 0.5) is 0 Å². The van der Waals surface area contributed by atoms with Crippen molar-refractivity contribution < 1.29 is 13.5 Å². The molecule has 1 aromatic carbocycles. The highest BCUT2D eigenvalue weighted by Crippen LogP contribution is 2.16. The van der Waals surface area contributed by atoms with Crippen LogP contribution in [0.3, 0.4) is 0 Å². The Balaban J connectivity index is 3.00. The highest BCUT2D eigenvalue weighted by molar-refractivity contribution is 7.89. The maximum absolute atomic E-state index is 12.3. The quantitative estimate of drug-likeness (QED) is 0.836. The maximum Gasteiger partial charge on any atom is 0.243 e. The molecule has 0 saturated carbocycles. The van der Waals surface area contributed by atoms with Gasteiger partial charge in [-0.15, -0.1) is 0 Å². The Morgan fingerprint density at radius 1 is 1.24 bits per heavy atom. The standard InChI is InChI=1S/C12H19NO3S/c1-11(2)10-13(8-9-14)17(15,16)12-6-4-3-5-7-12/h3-7,11,14H,8-10H2,1-2H3. The molecule has 1 aromatic rings. The number of rotatable bonds is 6. The van der Waals surface area contributed by atoms with E-state index in [1.807, 2.05) is 13.8 Å². The van der Waals surface area contributed by atoms with Crippen LogP contribution in [0.2, 0.25) is 0 Å². The van der Waals surface area contributed by atoms with Gasteiger partial charge in [0.05, 0.1) is 11.5 Å². The number of benzene rings is 1. The first-order valence-electron chi connectivity index (χ1n) is 5.64. The molecule has 17 heavy (non-hydrogen) atoms. The van der Waals surface area contributed by atoms with Crippen molar-refractivity contribution in [1.29, 1.82) is 0 Å². The summed E-state index contributed by atoms with van der Waals surface area (Å²) in [7, 11) is -3.48. The topological polar surface area (TPSA) is 57.6 Å². The van der Waals surface area contributed by atoms with Crippen molar-refractivity contribution in [2.45, 2.75) is 18.7 Å². The van der Waals surface area contributed by atoms with Crippen molar-refractivity contribution in [2.75, 3.05) is 19.7 Å². The predicted octanol–water partition coefficient (Wildman–Crippen LogP) is 1.33. The third kappa shape index (κ3) is 3.80. The van der Waals surface area contributed by atoms with Crippen LogP contribution < -0.4 is 0 Å². The van der Waals surface area contributed by atoms with Crippen LogP contribution in [-0.4, -0.2) is 37.5 Å². The smallest absolute Gasteiger partial charge is 0.243 e. The van der Waals surface area contributed by atoms with Crippen molar-refractivity contribution in [3.8, 4) is 0 Å². The Morgan fingerprint density at radius 2 is 1.82 bits per heavy atom. The Labute approximate surface area is 103 Å². The summed E-state index contributed by atoms with van der Waals surface area (Å²) in [6.07, 6.45) is 0. The number of hydrogen-bond acceptors (Lipinski definition) is 3. The van der Waals surface area contributed by atoms with Gasteiger partial charge in [-0.05, 0) is 18.1 Å². The molecule has 4 nitrogen and oxygen atoms in total. The minimum atomic E-state index is -3.48. The van der Waals surface area contributed by atoms with Crippen LogP contribution in [0, 0.1) is 5.92 Å². The zero-order valence-corrected chi connectivity index (χ0v) is 11.0. The Hall–Kier alpha value is -0.910. The first-order chi connectivity index (χ1) is 7.98. The van der Waals surface area contributed by atoms with E-state index in [1.165, 1.54) is 4.31 Å². The normalized spacial score (nSPS) is 12.3. The van der Waals surface area contributed by atoms with Crippen LogP contribution >= 0.6 is 0 Å². The molecule has 0 saturated heterocycles. The molecule has 0 aliphatic heterocycles. The summed E-state index contributed by atoms with van der Waals surface area (Å²) in [5.41, 5.74) is 0. The lowest BCUT2D eigenvalue weighted by atomic mass is 10.2. The van der Waals surface area contributed by atoms with Gasteiger partial charge in [0, 0.05) is 13.1 Å². The first-order valence-corrected chi connectivity index (χ1v) is 7.08. The highest BCUT2D eigenvalue weighted by Gasteiger charge is 2.24. The van der Waals surface area contributed by atoms with E-state index in [9.17, 15) is 8.42 Å². The van der Waals surface area contributed by atoms with Gasteiger partial charge in [0.1, 0.15) is 0 Å². The summed E-state index contributed by atoms with van der Waals surface area (Å²) in [6.45, 7) is 4.28. The Bertz CT molecular complexity index is 428. The number of aliphatic hydroxyl groups is 1. The van der Waals surface area contributed by atoms with Gasteiger partial charge >= 0.3 is 0 Å². The van der Waals surface area contributed by atoms with E-state index in [2.05, 4.69) is 0 Å². The van der Waals surface area contributed by atoms with E-state index in [0.29, 0.717) is 6.54 Å². The van der Waals surface area contributed by atoms with Gasteiger partial charge in [-0.1, -0.05) is 32.0 Å². The van der Waals surface area contributed by atoms with Gasteiger partial charge < -0.3 is 5.11 Å². The molecule has 1 N–H and O–H groups in total. The van der Waals surface area contributed by atoms with Crippen molar-refractivity contribution in [3.05, 3.63) is 30.3 Å². The summed E-state index contributed by atoms with van der Waals surface area (Å²) < 4.78 is 25.9. The van der Waals surface area contributed by atoms with Crippen LogP contribution in [0.25, 0.3) is 0 Å². The lowest BCUT2D eigenvalue weighted by Crippen LogP contribution is -2.36. The Kier molecular flexibility index (Phi) is 5.11. The molecule has 0 spiro atoms. The SMILES string of the molecule is CC(C)CN(CCO)S(=O)(=O)c1ccccc1. The molecule has 0 bridgehead atoms. The van der Waals surface area contributed by atoms with E-state index in [-0.39, 0.29) is 24.0 Å². The summed E-state index contributed by atoms with van der Waals surface area (Å²) in [5.74, 6) is 0.222. The lowest BCUT2D eigenvalue weighted by Gasteiger charge is -2.23. The Morgan fingerprint density at radius 3 is 2.29 bits per heavy atom. The number of sulfonamides is 1. The van der Waals surface area contributed by atoms with Crippen molar-refractivity contribution >= 4 is 10.0 Å². The number of nitrogens with zero attached hydrogens (tertiary/aromatic N) is 1. The third-order valence-electron chi connectivity index (χ3n) is 2.30. The third-order valence-corrected chi connectivity index (χ3v) is 4.18. The van der Waals surface area contributed by atoms with Gasteiger partial charge in [-0.2, -0.15) is 4.31 Å². The van der Waals surface area contributed by atoms with Gasteiger partial charge in [0.25, 0.3) is 0 Å². The molecule has 0 fully saturated rings. The van der Waals surface area contributed by atoms with Gasteiger partial charge in [0.15, 0.2) is 0 Å². The van der Waals surface area contributed by atoms with E-state index in [4.69, 9.17) is 5.11 Å². The van der Waals surface area contributed by atoms with E-state index in [0.717, 1.165) is 0 Å². The predicted molar refractivity (Wildman–Crippen MR) is 67.1 cm³/mol. The van der Waals surface area contributed by atoms with E-state index < -0.39 is 10.0 Å². The molecular formula is C12H19NO3S. The summed E-state index contributed by atoms with van der Waals surface area (Å²) >= 11 is 0. The average molecular weight is 257 g/mol. The maximum atomic E-state index is 12.3. The van der Waals surface area contributed by atoms with Crippen LogP contribution in [0.15, 0.2) is 35.2 Å². The molecule has 0 heterocycles. The minimum Gasteiger partial charge on any atom is -0.395 e. The molecule has 0 aliphatic rings. The average Bonchev–Trinajstić information content (AvgIpc) is 2.29. The molecule has 0 amide bonds. The van der Waals surface area contributed by atoms with Crippen molar-refractivity contribution in [3.63, 3.8) is 0 Å². The fraction of sp³-hybridized carbons (Fsp3) is 0.500. The summed E-state index contributed by atoms with van der Waals surface area (Å²) in [5, 5.41) is 8.95. The van der Waals surface area contributed by atoms with Crippen LogP contribution in [0.1, 0.15) is 13.8 Å². The molecule has 0 unspecified atom stereocenters. The van der Waals surface area contributed by atoms with Crippen LogP contribution in [0.5, 0.6) is 0 Å². The number of hydrogen-bond donors (Lipinski definition) is 1. The molecular weight excluding hydrogens is 238 g/mol. The second-order valence-electron chi connectivity index (χ2n) is 4.29. The summed E-state index contributed by atoms with van der Waals surface area (Å²) in [6, 6.07) is 8.30. The van der Waals surface area contributed by atoms with Gasteiger partial charge in [-0.25, -0.2) is 8.42 Å². The highest BCUT2D eigenvalue weighted by atomic mass is 32.2. The zero-order chi connectivity index (χ0) is 12.9. The van der Waals surface area contributed by atoms with Crippen molar-refractivity contribution in [1.82, 2.24) is 4.31 Å². The van der Waals surface area contributed by atoms with Gasteiger partial charge in [-0.3, -0.25) is 0 Å². The van der Waals surface area contributed by atoms with Crippen LogP contribution in [-0.2, 0) is 10.0 Å². The number of aliphatic hydroxyl groups excluding tert-OH is 1. The molecule has 0 aliphatic carbocycles. The first kappa shape index (κ1) is 14.2. The molecule has 0 atom stereocenters. The zero-order valence-electron chi connectivity index (χ0n) is 10.2. The van der Waals surface area contributed by atoms with Gasteiger partial charge in [0.2, 0.25) is 10.0 Å². The fourth-order valence-corrected chi connectivity index (χ4v) is 3.19. The molecule has 5 heteroatoms. The summed E-state index contributed by atoms with van der Waals surface area (Å²) in [4.78, 5) is 0.272. The monoisotopic (exact) mass is 257 g/mol. The molecule has 0 aromatic heterocycles. The van der Waals surface area contributed by atoms with E-state index >= 15 is 0 Å². The second kappa shape index (κ2) is 6.14.